The SMILES string of the molecule is CC(C)N1CCCC(CNC(=O)c2sccc2S(=O)(=O)N2CCCC2)C1. The maximum atomic E-state index is 12.8. The summed E-state index contributed by atoms with van der Waals surface area (Å²) in [4.78, 5) is 15.6. The molecule has 1 aromatic heterocycles. The molecule has 2 saturated heterocycles. The van der Waals surface area contributed by atoms with Crippen LogP contribution in [0.25, 0.3) is 0 Å². The van der Waals surface area contributed by atoms with E-state index >= 15 is 0 Å². The van der Waals surface area contributed by atoms with Gasteiger partial charge in [0.1, 0.15) is 9.77 Å². The second-order valence-electron chi connectivity index (χ2n) is 7.53. The zero-order chi connectivity index (χ0) is 18.7. The van der Waals surface area contributed by atoms with Crippen molar-refractivity contribution in [3.8, 4) is 0 Å². The minimum Gasteiger partial charge on any atom is -0.351 e. The van der Waals surface area contributed by atoms with Gasteiger partial charge < -0.3 is 10.2 Å². The summed E-state index contributed by atoms with van der Waals surface area (Å²) in [5, 5.41) is 4.67. The van der Waals surface area contributed by atoms with Gasteiger partial charge in [0, 0.05) is 32.2 Å². The quantitative estimate of drug-likeness (QED) is 0.797. The lowest BCUT2D eigenvalue weighted by atomic mass is 9.97. The molecule has 0 aromatic carbocycles. The predicted molar refractivity (Wildman–Crippen MR) is 104 cm³/mol. The molecule has 3 heterocycles. The number of likely N-dealkylation sites (tertiary alicyclic amines) is 1. The van der Waals surface area contributed by atoms with Crippen LogP contribution in [-0.2, 0) is 10.0 Å². The molecule has 1 N–H and O–H groups in total. The Morgan fingerprint density at radius 1 is 1.27 bits per heavy atom. The third-order valence-corrected chi connectivity index (χ3v) is 8.33. The van der Waals surface area contributed by atoms with Crippen LogP contribution < -0.4 is 5.32 Å². The number of carbonyl (C=O) groups is 1. The summed E-state index contributed by atoms with van der Waals surface area (Å²) >= 11 is 1.21. The molecule has 1 unspecified atom stereocenters. The minimum absolute atomic E-state index is 0.161. The van der Waals surface area contributed by atoms with E-state index in [1.54, 1.807) is 11.4 Å². The van der Waals surface area contributed by atoms with Crippen LogP contribution in [0.5, 0.6) is 0 Å². The summed E-state index contributed by atoms with van der Waals surface area (Å²) in [6.07, 6.45) is 4.02. The molecule has 0 bridgehead atoms. The van der Waals surface area contributed by atoms with Crippen LogP contribution in [0.15, 0.2) is 16.3 Å². The number of hydrogen-bond acceptors (Lipinski definition) is 5. The van der Waals surface area contributed by atoms with Crippen LogP contribution in [0.1, 0.15) is 49.2 Å². The second kappa shape index (κ2) is 8.37. The van der Waals surface area contributed by atoms with E-state index in [0.29, 0.717) is 36.5 Å². The number of nitrogens with one attached hydrogen (secondary N) is 1. The highest BCUT2D eigenvalue weighted by Crippen LogP contribution is 2.27. The Hall–Kier alpha value is -0.960. The van der Waals surface area contributed by atoms with Gasteiger partial charge in [0.05, 0.1) is 0 Å². The van der Waals surface area contributed by atoms with Crippen molar-refractivity contribution in [2.45, 2.75) is 50.5 Å². The van der Waals surface area contributed by atoms with Gasteiger partial charge in [-0.05, 0) is 63.4 Å². The van der Waals surface area contributed by atoms with Gasteiger partial charge in [-0.3, -0.25) is 4.79 Å². The van der Waals surface area contributed by atoms with E-state index in [1.165, 1.54) is 15.6 Å². The Morgan fingerprint density at radius 2 is 2.00 bits per heavy atom. The van der Waals surface area contributed by atoms with Crippen LogP contribution in [0.2, 0.25) is 0 Å². The van der Waals surface area contributed by atoms with Crippen LogP contribution in [-0.4, -0.2) is 62.3 Å². The van der Waals surface area contributed by atoms with Crippen molar-refractivity contribution in [3.63, 3.8) is 0 Å². The fraction of sp³-hybridized carbons (Fsp3) is 0.722. The summed E-state index contributed by atoms with van der Waals surface area (Å²) in [7, 11) is -3.56. The largest absolute Gasteiger partial charge is 0.351 e. The van der Waals surface area contributed by atoms with Crippen molar-refractivity contribution in [2.75, 3.05) is 32.7 Å². The molecule has 8 heteroatoms. The Balaban J connectivity index is 1.63. The fourth-order valence-corrected chi connectivity index (χ4v) is 6.62. The van der Waals surface area contributed by atoms with Crippen molar-refractivity contribution < 1.29 is 13.2 Å². The zero-order valence-electron chi connectivity index (χ0n) is 15.6. The van der Waals surface area contributed by atoms with Gasteiger partial charge in [-0.1, -0.05) is 0 Å². The van der Waals surface area contributed by atoms with E-state index in [0.717, 1.165) is 38.8 Å². The van der Waals surface area contributed by atoms with Crippen LogP contribution in [0.4, 0.5) is 0 Å². The lowest BCUT2D eigenvalue weighted by molar-refractivity contribution is 0.0923. The summed E-state index contributed by atoms with van der Waals surface area (Å²) < 4.78 is 27.1. The Labute approximate surface area is 160 Å². The van der Waals surface area contributed by atoms with E-state index < -0.39 is 10.0 Å². The van der Waals surface area contributed by atoms with Gasteiger partial charge in [-0.2, -0.15) is 4.31 Å². The number of nitrogens with zero attached hydrogens (tertiary/aromatic N) is 2. The van der Waals surface area contributed by atoms with E-state index in [4.69, 9.17) is 0 Å². The van der Waals surface area contributed by atoms with E-state index in [9.17, 15) is 13.2 Å². The zero-order valence-corrected chi connectivity index (χ0v) is 17.2. The van der Waals surface area contributed by atoms with Crippen LogP contribution >= 0.6 is 11.3 Å². The van der Waals surface area contributed by atoms with Gasteiger partial charge in [-0.15, -0.1) is 11.3 Å². The lowest BCUT2D eigenvalue weighted by Gasteiger charge is -2.35. The fourth-order valence-electron chi connectivity index (χ4n) is 3.78. The lowest BCUT2D eigenvalue weighted by Crippen LogP contribution is -2.43. The van der Waals surface area contributed by atoms with Crippen LogP contribution in [0.3, 0.4) is 0 Å². The van der Waals surface area contributed by atoms with Crippen LogP contribution in [0, 0.1) is 5.92 Å². The first-order chi connectivity index (χ1) is 12.4. The monoisotopic (exact) mass is 399 g/mol. The first kappa shape index (κ1) is 19.8. The van der Waals surface area contributed by atoms with E-state index in [2.05, 4.69) is 24.1 Å². The Morgan fingerprint density at radius 3 is 2.69 bits per heavy atom. The highest BCUT2D eigenvalue weighted by atomic mass is 32.2. The van der Waals surface area contributed by atoms with Crippen molar-refractivity contribution in [3.05, 3.63) is 16.3 Å². The molecule has 2 aliphatic rings. The number of carbonyl (C=O) groups excluding carboxylic acids is 1. The highest BCUT2D eigenvalue weighted by Gasteiger charge is 2.32. The standard InChI is InChI=1S/C18H29N3O3S2/c1-14(2)20-8-5-6-15(13-20)12-19-18(22)17-16(7-11-25-17)26(23,24)21-9-3-4-10-21/h7,11,14-15H,3-6,8-10,12-13H2,1-2H3,(H,19,22). The first-order valence-electron chi connectivity index (χ1n) is 9.49. The molecule has 1 amide bonds. The van der Waals surface area contributed by atoms with Gasteiger partial charge in [0.15, 0.2) is 0 Å². The number of thiophene rings is 1. The number of sulfonamides is 1. The highest BCUT2D eigenvalue weighted by molar-refractivity contribution is 7.89. The normalized spacial score (nSPS) is 22.8. The topological polar surface area (TPSA) is 69.7 Å². The van der Waals surface area contributed by atoms with Gasteiger partial charge in [0.2, 0.25) is 10.0 Å². The Kier molecular flexibility index (Phi) is 6.37. The molecule has 2 aliphatic heterocycles. The molecular formula is C18H29N3O3S2. The smallest absolute Gasteiger partial charge is 0.262 e. The number of hydrogen-bond donors (Lipinski definition) is 1. The molecule has 0 radical (unpaired) electrons. The predicted octanol–water partition coefficient (Wildman–Crippen LogP) is 2.38. The Bertz CT molecular complexity index is 724. The van der Waals surface area contributed by atoms with Crippen molar-refractivity contribution in [2.24, 2.45) is 5.92 Å². The summed E-state index contributed by atoms with van der Waals surface area (Å²) in [6.45, 7) is 8.19. The molecule has 6 nitrogen and oxygen atoms in total. The van der Waals surface area contributed by atoms with Crippen molar-refractivity contribution in [1.29, 1.82) is 0 Å². The third kappa shape index (κ3) is 4.30. The minimum atomic E-state index is -3.56. The van der Waals surface area contributed by atoms with Crippen molar-refractivity contribution >= 4 is 27.3 Å². The molecule has 0 aliphatic carbocycles. The second-order valence-corrected chi connectivity index (χ2v) is 10.4. The van der Waals surface area contributed by atoms with Gasteiger partial charge >= 0.3 is 0 Å². The molecule has 0 saturated carbocycles. The molecule has 1 atom stereocenters. The molecule has 0 spiro atoms. The van der Waals surface area contributed by atoms with Crippen molar-refractivity contribution in [1.82, 2.24) is 14.5 Å². The number of piperidine rings is 1. The summed E-state index contributed by atoms with van der Waals surface area (Å²) in [6, 6.07) is 2.08. The average molecular weight is 400 g/mol. The average Bonchev–Trinajstić information content (AvgIpc) is 3.31. The summed E-state index contributed by atoms with van der Waals surface area (Å²) in [5.74, 6) is 0.160. The molecule has 2 fully saturated rings. The number of amides is 1. The molecule has 26 heavy (non-hydrogen) atoms. The van der Waals surface area contributed by atoms with Gasteiger partial charge in [-0.25, -0.2) is 8.42 Å². The first-order valence-corrected chi connectivity index (χ1v) is 11.8. The molecule has 146 valence electrons. The van der Waals surface area contributed by atoms with Gasteiger partial charge in [0.25, 0.3) is 5.91 Å². The maximum Gasteiger partial charge on any atom is 0.262 e. The maximum absolute atomic E-state index is 12.8. The molecule has 1 aromatic rings. The van der Waals surface area contributed by atoms with E-state index in [-0.39, 0.29) is 10.8 Å². The van der Waals surface area contributed by atoms with E-state index in [1.807, 2.05) is 0 Å². The summed E-state index contributed by atoms with van der Waals surface area (Å²) in [5.41, 5.74) is 0. The molecular weight excluding hydrogens is 370 g/mol. The third-order valence-electron chi connectivity index (χ3n) is 5.35. The number of rotatable bonds is 6. The molecule has 3 rings (SSSR count).